The van der Waals surface area contributed by atoms with Crippen molar-refractivity contribution in [2.75, 3.05) is 13.7 Å². The molecule has 0 saturated carbocycles. The maximum atomic E-state index is 5.26. The van der Waals surface area contributed by atoms with E-state index in [1.54, 1.807) is 7.11 Å². The number of benzene rings is 1. The molecule has 0 aliphatic rings. The summed E-state index contributed by atoms with van der Waals surface area (Å²) in [4.78, 5) is 0. The lowest BCUT2D eigenvalue weighted by molar-refractivity contribution is 0.414. The largest absolute Gasteiger partial charge is 0.497 e. The molecule has 2 rings (SSSR count). The van der Waals surface area contributed by atoms with Gasteiger partial charge in [-0.15, -0.1) is 0 Å². The smallest absolute Gasteiger partial charge is 0.121 e. The van der Waals surface area contributed by atoms with Crippen LogP contribution in [0.5, 0.6) is 5.75 Å². The van der Waals surface area contributed by atoms with Crippen LogP contribution in [-0.4, -0.2) is 23.4 Å². The zero-order chi connectivity index (χ0) is 13.8. The van der Waals surface area contributed by atoms with Crippen LogP contribution in [0.3, 0.4) is 0 Å². The van der Waals surface area contributed by atoms with Crippen molar-refractivity contribution in [3.8, 4) is 11.4 Å². The average molecular weight is 259 g/mol. The molecular formula is C15H21N3O. The van der Waals surface area contributed by atoms with Crippen LogP contribution in [0.2, 0.25) is 0 Å². The molecular weight excluding hydrogens is 238 g/mol. The van der Waals surface area contributed by atoms with Gasteiger partial charge in [0.25, 0.3) is 0 Å². The summed E-state index contributed by atoms with van der Waals surface area (Å²) in [5, 5.41) is 7.90. The first-order valence-electron chi connectivity index (χ1n) is 6.59. The topological polar surface area (TPSA) is 39.1 Å². The van der Waals surface area contributed by atoms with Crippen LogP contribution < -0.4 is 10.1 Å². The Morgan fingerprint density at radius 1 is 1.42 bits per heavy atom. The van der Waals surface area contributed by atoms with Gasteiger partial charge in [-0.3, -0.25) is 0 Å². The molecule has 2 aromatic rings. The Bertz CT molecular complexity index is 548. The highest BCUT2D eigenvalue weighted by atomic mass is 16.5. The summed E-state index contributed by atoms with van der Waals surface area (Å²) in [5.74, 6) is 0.841. The Hall–Kier alpha value is -1.81. The quantitative estimate of drug-likeness (QED) is 0.897. The summed E-state index contributed by atoms with van der Waals surface area (Å²) in [5.41, 5.74) is 3.40. The van der Waals surface area contributed by atoms with E-state index in [0.717, 1.165) is 23.7 Å². The minimum Gasteiger partial charge on any atom is -0.497 e. The van der Waals surface area contributed by atoms with Crippen molar-refractivity contribution in [1.82, 2.24) is 15.1 Å². The van der Waals surface area contributed by atoms with Crippen LogP contribution in [0, 0.1) is 6.92 Å². The van der Waals surface area contributed by atoms with Crippen molar-refractivity contribution in [2.24, 2.45) is 0 Å². The van der Waals surface area contributed by atoms with E-state index in [1.807, 2.05) is 35.1 Å². The fourth-order valence-electron chi connectivity index (χ4n) is 2.27. The number of nitrogens with one attached hydrogen (secondary N) is 1. The summed E-state index contributed by atoms with van der Waals surface area (Å²) in [6.45, 7) is 7.31. The third kappa shape index (κ3) is 2.79. The third-order valence-corrected chi connectivity index (χ3v) is 3.32. The van der Waals surface area contributed by atoms with Crippen LogP contribution in [0.15, 0.2) is 30.5 Å². The van der Waals surface area contributed by atoms with Crippen LogP contribution >= 0.6 is 0 Å². The highest BCUT2D eigenvalue weighted by molar-refractivity contribution is 5.41. The Labute approximate surface area is 114 Å². The molecule has 0 fully saturated rings. The molecule has 1 N–H and O–H groups in total. The predicted octanol–water partition coefficient (Wildman–Crippen LogP) is 2.86. The first-order valence-corrected chi connectivity index (χ1v) is 6.59. The summed E-state index contributed by atoms with van der Waals surface area (Å²) < 4.78 is 7.21. The summed E-state index contributed by atoms with van der Waals surface area (Å²) >= 11 is 0. The van der Waals surface area contributed by atoms with Crippen LogP contribution in [0.25, 0.3) is 5.69 Å². The first-order chi connectivity index (χ1) is 9.17. The van der Waals surface area contributed by atoms with E-state index >= 15 is 0 Å². The van der Waals surface area contributed by atoms with Gasteiger partial charge >= 0.3 is 0 Å². The van der Waals surface area contributed by atoms with Gasteiger partial charge in [0, 0.05) is 23.4 Å². The minimum absolute atomic E-state index is 0.310. The van der Waals surface area contributed by atoms with Crippen molar-refractivity contribution in [3.05, 3.63) is 41.7 Å². The van der Waals surface area contributed by atoms with Gasteiger partial charge < -0.3 is 10.1 Å². The number of methoxy groups -OCH3 is 1. The highest BCUT2D eigenvalue weighted by Gasteiger charge is 2.13. The molecule has 0 amide bonds. The van der Waals surface area contributed by atoms with Crippen LogP contribution in [0.1, 0.15) is 31.1 Å². The second-order valence-electron chi connectivity index (χ2n) is 4.58. The maximum Gasteiger partial charge on any atom is 0.121 e. The summed E-state index contributed by atoms with van der Waals surface area (Å²) in [7, 11) is 1.67. The Morgan fingerprint density at radius 3 is 2.89 bits per heavy atom. The van der Waals surface area contributed by atoms with Gasteiger partial charge in [0.2, 0.25) is 0 Å². The molecule has 0 radical (unpaired) electrons. The molecule has 0 spiro atoms. The van der Waals surface area contributed by atoms with E-state index in [-0.39, 0.29) is 0 Å². The SMILES string of the molecule is CCNC(C)c1cnn(-c2cccc(OC)c2)c1C. The number of ether oxygens (including phenoxy) is 1. The minimum atomic E-state index is 0.310. The first kappa shape index (κ1) is 13.6. The summed E-state index contributed by atoms with van der Waals surface area (Å²) in [6.07, 6.45) is 1.93. The van der Waals surface area contributed by atoms with Gasteiger partial charge in [-0.2, -0.15) is 5.10 Å². The molecule has 0 saturated heterocycles. The fourth-order valence-corrected chi connectivity index (χ4v) is 2.27. The van der Waals surface area contributed by atoms with Gasteiger partial charge in [-0.1, -0.05) is 13.0 Å². The number of hydrogen-bond donors (Lipinski definition) is 1. The van der Waals surface area contributed by atoms with E-state index < -0.39 is 0 Å². The van der Waals surface area contributed by atoms with Crippen LogP contribution in [0.4, 0.5) is 0 Å². The second-order valence-corrected chi connectivity index (χ2v) is 4.58. The Kier molecular flexibility index (Phi) is 4.22. The zero-order valence-electron chi connectivity index (χ0n) is 12.0. The zero-order valence-corrected chi connectivity index (χ0v) is 12.0. The van der Waals surface area contributed by atoms with Crippen LogP contribution in [-0.2, 0) is 0 Å². The fraction of sp³-hybridized carbons (Fsp3) is 0.400. The molecule has 1 aromatic heterocycles. The van der Waals surface area contributed by atoms with E-state index in [4.69, 9.17) is 4.74 Å². The maximum absolute atomic E-state index is 5.26. The van der Waals surface area contributed by atoms with Gasteiger partial charge in [-0.25, -0.2) is 4.68 Å². The number of nitrogens with zero attached hydrogens (tertiary/aromatic N) is 2. The van der Waals surface area contributed by atoms with Crippen molar-refractivity contribution in [3.63, 3.8) is 0 Å². The third-order valence-electron chi connectivity index (χ3n) is 3.32. The van der Waals surface area contributed by atoms with Gasteiger partial charge in [0.05, 0.1) is 19.0 Å². The van der Waals surface area contributed by atoms with Gasteiger partial charge in [0.15, 0.2) is 0 Å². The molecule has 1 aromatic carbocycles. The molecule has 1 atom stereocenters. The molecule has 4 heteroatoms. The molecule has 0 aliphatic heterocycles. The normalized spacial score (nSPS) is 12.4. The lowest BCUT2D eigenvalue weighted by atomic mass is 10.1. The van der Waals surface area contributed by atoms with Crippen molar-refractivity contribution in [2.45, 2.75) is 26.8 Å². The number of aromatic nitrogens is 2. The monoisotopic (exact) mass is 259 g/mol. The van der Waals surface area contributed by atoms with Gasteiger partial charge in [0.1, 0.15) is 5.75 Å². The van der Waals surface area contributed by atoms with E-state index in [1.165, 1.54) is 5.56 Å². The lowest BCUT2D eigenvalue weighted by Crippen LogP contribution is -2.18. The average Bonchev–Trinajstić information content (AvgIpc) is 2.81. The van der Waals surface area contributed by atoms with Crippen molar-refractivity contribution < 1.29 is 4.74 Å². The number of hydrogen-bond acceptors (Lipinski definition) is 3. The van der Waals surface area contributed by atoms with Crippen molar-refractivity contribution >= 4 is 0 Å². The number of rotatable bonds is 5. The molecule has 19 heavy (non-hydrogen) atoms. The highest BCUT2D eigenvalue weighted by Crippen LogP contribution is 2.22. The molecule has 0 aliphatic carbocycles. The standard InChI is InChI=1S/C15H21N3O/c1-5-16-11(2)15-10-17-18(12(15)3)13-7-6-8-14(9-13)19-4/h6-11,16H,5H2,1-4H3. The molecule has 4 nitrogen and oxygen atoms in total. The molecule has 0 bridgehead atoms. The molecule has 1 heterocycles. The lowest BCUT2D eigenvalue weighted by Gasteiger charge is -2.12. The molecule has 1 unspecified atom stereocenters. The Balaban J connectivity index is 2.35. The summed E-state index contributed by atoms with van der Waals surface area (Å²) in [6, 6.07) is 8.24. The van der Waals surface area contributed by atoms with E-state index in [2.05, 4.69) is 31.2 Å². The predicted molar refractivity (Wildman–Crippen MR) is 76.9 cm³/mol. The van der Waals surface area contributed by atoms with E-state index in [9.17, 15) is 0 Å². The second kappa shape index (κ2) is 5.89. The molecule has 102 valence electrons. The van der Waals surface area contributed by atoms with Crippen molar-refractivity contribution in [1.29, 1.82) is 0 Å². The van der Waals surface area contributed by atoms with E-state index in [0.29, 0.717) is 6.04 Å². The van der Waals surface area contributed by atoms with Gasteiger partial charge in [-0.05, 0) is 32.5 Å². The Morgan fingerprint density at radius 2 is 2.21 bits per heavy atom.